The van der Waals surface area contributed by atoms with Gasteiger partial charge in [-0.1, -0.05) is 89.7 Å². The van der Waals surface area contributed by atoms with Gasteiger partial charge in [-0.25, -0.2) is 0 Å². The Labute approximate surface area is 191 Å². The highest BCUT2D eigenvalue weighted by molar-refractivity contribution is 4.87. The molecule has 4 atom stereocenters. The van der Waals surface area contributed by atoms with E-state index in [9.17, 15) is 15.3 Å². The van der Waals surface area contributed by atoms with Crippen molar-refractivity contribution in [1.29, 1.82) is 0 Å². The summed E-state index contributed by atoms with van der Waals surface area (Å²) in [6.07, 6.45) is 22.2. The molecule has 0 amide bonds. The number of rotatable bonds is 20. The van der Waals surface area contributed by atoms with Crippen molar-refractivity contribution in [2.75, 3.05) is 19.8 Å². The molecule has 1 aliphatic heterocycles. The first-order valence-corrected chi connectivity index (χ1v) is 13.1. The maximum atomic E-state index is 10.1. The minimum absolute atomic E-state index is 0.0956. The third-order valence-electron chi connectivity index (χ3n) is 6.22. The van der Waals surface area contributed by atoms with Crippen molar-refractivity contribution in [2.24, 2.45) is 0 Å². The van der Waals surface area contributed by atoms with Crippen LogP contribution in [0.1, 0.15) is 110 Å². The Balaban J connectivity index is 1.84. The molecule has 0 aromatic rings. The first-order valence-electron chi connectivity index (χ1n) is 13.1. The van der Waals surface area contributed by atoms with E-state index in [2.05, 4.69) is 19.1 Å². The van der Waals surface area contributed by atoms with Gasteiger partial charge in [0, 0.05) is 6.61 Å². The molecule has 0 aliphatic carbocycles. The molecule has 0 aromatic heterocycles. The van der Waals surface area contributed by atoms with E-state index >= 15 is 0 Å². The lowest BCUT2D eigenvalue weighted by Crippen LogP contribution is -2.55. The SMILES string of the molecule is CCCCCCCCCCCC/C=C/CCCCCCO[C@H]1[C@H](O)[C@@H](CO)OC[C@@H]1O. The molecule has 3 N–H and O–H groups in total. The van der Waals surface area contributed by atoms with Crippen molar-refractivity contribution >= 4 is 0 Å². The lowest BCUT2D eigenvalue weighted by Gasteiger charge is -2.37. The second-order valence-electron chi connectivity index (χ2n) is 9.09. The number of hydrogen-bond acceptors (Lipinski definition) is 5. The lowest BCUT2D eigenvalue weighted by atomic mass is 10.0. The summed E-state index contributed by atoms with van der Waals surface area (Å²) in [5, 5.41) is 29.1. The van der Waals surface area contributed by atoms with E-state index in [1.807, 2.05) is 0 Å². The zero-order chi connectivity index (χ0) is 22.6. The maximum Gasteiger partial charge on any atom is 0.114 e. The van der Waals surface area contributed by atoms with Crippen molar-refractivity contribution < 1.29 is 24.8 Å². The van der Waals surface area contributed by atoms with Crippen LogP contribution in [0.15, 0.2) is 12.2 Å². The van der Waals surface area contributed by atoms with Gasteiger partial charge in [-0.15, -0.1) is 0 Å². The van der Waals surface area contributed by atoms with Crippen molar-refractivity contribution in [3.05, 3.63) is 12.2 Å². The predicted octanol–water partition coefficient (Wildman–Crippen LogP) is 5.30. The highest BCUT2D eigenvalue weighted by atomic mass is 16.6. The zero-order valence-electron chi connectivity index (χ0n) is 20.1. The van der Waals surface area contributed by atoms with Crippen LogP contribution in [0.4, 0.5) is 0 Å². The molecule has 0 radical (unpaired) electrons. The topological polar surface area (TPSA) is 79.2 Å². The van der Waals surface area contributed by atoms with Gasteiger partial charge in [0.25, 0.3) is 0 Å². The monoisotopic (exact) mass is 442 g/mol. The highest BCUT2D eigenvalue weighted by Gasteiger charge is 2.38. The van der Waals surface area contributed by atoms with E-state index in [0.717, 1.165) is 19.3 Å². The summed E-state index contributed by atoms with van der Waals surface area (Å²) in [5.74, 6) is 0. The summed E-state index contributed by atoms with van der Waals surface area (Å²) in [6.45, 7) is 2.63. The Bertz CT molecular complexity index is 415. The summed E-state index contributed by atoms with van der Waals surface area (Å²) < 4.78 is 10.9. The molecule has 1 rings (SSSR count). The van der Waals surface area contributed by atoms with Crippen LogP contribution < -0.4 is 0 Å². The Kier molecular flexibility index (Phi) is 18.6. The van der Waals surface area contributed by atoms with Gasteiger partial charge >= 0.3 is 0 Å². The normalized spacial score (nSPS) is 24.3. The fourth-order valence-electron chi connectivity index (χ4n) is 4.15. The van der Waals surface area contributed by atoms with Crippen molar-refractivity contribution in [3.63, 3.8) is 0 Å². The van der Waals surface area contributed by atoms with Crippen LogP contribution in [0.5, 0.6) is 0 Å². The minimum Gasteiger partial charge on any atom is -0.394 e. The van der Waals surface area contributed by atoms with Crippen LogP contribution in [0.25, 0.3) is 0 Å². The summed E-state index contributed by atoms with van der Waals surface area (Å²) in [6, 6.07) is 0. The first-order chi connectivity index (χ1) is 15.2. The highest BCUT2D eigenvalue weighted by Crippen LogP contribution is 2.19. The van der Waals surface area contributed by atoms with E-state index < -0.39 is 24.4 Å². The zero-order valence-corrected chi connectivity index (χ0v) is 20.1. The van der Waals surface area contributed by atoms with E-state index in [1.54, 1.807) is 0 Å². The summed E-state index contributed by atoms with van der Waals surface area (Å²) >= 11 is 0. The van der Waals surface area contributed by atoms with Crippen molar-refractivity contribution in [1.82, 2.24) is 0 Å². The molecule has 5 heteroatoms. The van der Waals surface area contributed by atoms with Gasteiger partial charge in [0.05, 0.1) is 13.2 Å². The minimum atomic E-state index is -0.977. The third kappa shape index (κ3) is 14.3. The molecule has 0 saturated carbocycles. The molecule has 1 heterocycles. The van der Waals surface area contributed by atoms with E-state index in [-0.39, 0.29) is 13.2 Å². The Morgan fingerprint density at radius 1 is 0.774 bits per heavy atom. The molecule has 184 valence electrons. The van der Waals surface area contributed by atoms with Gasteiger partial charge in [0.15, 0.2) is 0 Å². The molecular formula is C26H50O5. The molecule has 0 bridgehead atoms. The first kappa shape index (κ1) is 28.6. The van der Waals surface area contributed by atoms with Crippen LogP contribution in [0.3, 0.4) is 0 Å². The van der Waals surface area contributed by atoms with Gasteiger partial charge in [-0.2, -0.15) is 0 Å². The molecule has 1 aliphatic rings. The molecule has 0 unspecified atom stereocenters. The molecule has 31 heavy (non-hydrogen) atoms. The number of aliphatic hydroxyl groups excluding tert-OH is 3. The fourth-order valence-corrected chi connectivity index (χ4v) is 4.15. The van der Waals surface area contributed by atoms with Crippen LogP contribution >= 0.6 is 0 Å². The van der Waals surface area contributed by atoms with Crippen LogP contribution in [0, 0.1) is 0 Å². The maximum absolute atomic E-state index is 10.1. The van der Waals surface area contributed by atoms with Gasteiger partial charge in [0.1, 0.15) is 24.4 Å². The average Bonchev–Trinajstić information content (AvgIpc) is 2.77. The second-order valence-corrected chi connectivity index (χ2v) is 9.09. The molecule has 0 spiro atoms. The molecule has 5 nitrogen and oxygen atoms in total. The summed E-state index contributed by atoms with van der Waals surface area (Å²) in [7, 11) is 0. The third-order valence-corrected chi connectivity index (χ3v) is 6.22. The fraction of sp³-hybridized carbons (Fsp3) is 0.923. The van der Waals surface area contributed by atoms with Crippen LogP contribution in [-0.2, 0) is 9.47 Å². The molecule has 1 fully saturated rings. The van der Waals surface area contributed by atoms with E-state index in [1.165, 1.54) is 83.5 Å². The van der Waals surface area contributed by atoms with Gasteiger partial charge in [-0.3, -0.25) is 0 Å². The van der Waals surface area contributed by atoms with Gasteiger partial charge < -0.3 is 24.8 Å². The van der Waals surface area contributed by atoms with Crippen LogP contribution in [0.2, 0.25) is 0 Å². The standard InChI is InChI=1S/C26H50O5/c1-2-3-4-5-6-7-8-9-10-11-12-13-14-15-16-17-18-19-20-30-26-23(28)22-31-24(21-27)25(26)29/h13-14,23-29H,2-12,15-22H2,1H3/b14-13+/t23-,24+,25+,26+/m0/s1. The van der Waals surface area contributed by atoms with Gasteiger partial charge in [-0.05, 0) is 32.1 Å². The van der Waals surface area contributed by atoms with Gasteiger partial charge in [0.2, 0.25) is 0 Å². The Hall–Kier alpha value is -0.460. The smallest absolute Gasteiger partial charge is 0.114 e. The average molecular weight is 443 g/mol. The largest absolute Gasteiger partial charge is 0.394 e. The number of aliphatic hydroxyl groups is 3. The number of ether oxygens (including phenoxy) is 2. The molecule has 1 saturated heterocycles. The summed E-state index contributed by atoms with van der Waals surface area (Å²) in [5.41, 5.74) is 0. The van der Waals surface area contributed by atoms with Crippen molar-refractivity contribution in [2.45, 2.75) is 134 Å². The quantitative estimate of drug-likeness (QED) is 0.176. The summed E-state index contributed by atoms with van der Waals surface area (Å²) in [4.78, 5) is 0. The second kappa shape index (κ2) is 20.2. The van der Waals surface area contributed by atoms with E-state index in [0.29, 0.717) is 6.61 Å². The lowest BCUT2D eigenvalue weighted by molar-refractivity contribution is -0.210. The number of hydrogen-bond donors (Lipinski definition) is 3. The Morgan fingerprint density at radius 2 is 1.29 bits per heavy atom. The molecule has 0 aromatic carbocycles. The van der Waals surface area contributed by atoms with E-state index in [4.69, 9.17) is 9.47 Å². The predicted molar refractivity (Wildman–Crippen MR) is 127 cm³/mol. The van der Waals surface area contributed by atoms with Crippen LogP contribution in [-0.4, -0.2) is 59.6 Å². The number of unbranched alkanes of at least 4 members (excludes halogenated alkanes) is 14. The molecular weight excluding hydrogens is 392 g/mol. The number of allylic oxidation sites excluding steroid dienone is 2. The Morgan fingerprint density at radius 3 is 1.84 bits per heavy atom. The van der Waals surface area contributed by atoms with Crippen molar-refractivity contribution in [3.8, 4) is 0 Å².